The molecule has 17 heavy (non-hydrogen) atoms. The molecule has 0 amide bonds. The molecule has 0 aliphatic heterocycles. The maximum absolute atomic E-state index is 6.55. The third kappa shape index (κ3) is 4.94. The normalized spacial score (nSPS) is 22.1. The maximum atomic E-state index is 6.55. The molecule has 0 aromatic rings. The lowest BCUT2D eigenvalue weighted by Gasteiger charge is -2.40. The number of likely N-dealkylation sites (N-methyl/N-ethyl adjacent to an activating group) is 2. The summed E-state index contributed by atoms with van der Waals surface area (Å²) in [5, 5.41) is 0. The molecule has 1 atom stereocenters. The Morgan fingerprint density at radius 3 is 2.24 bits per heavy atom. The van der Waals surface area contributed by atoms with E-state index in [1.807, 2.05) is 0 Å². The van der Waals surface area contributed by atoms with Crippen LogP contribution in [0.2, 0.25) is 0 Å². The van der Waals surface area contributed by atoms with Gasteiger partial charge in [-0.2, -0.15) is 0 Å². The fraction of sp³-hybridized carbons (Fsp3) is 1.00. The predicted molar refractivity (Wildman–Crippen MR) is 75.3 cm³/mol. The molecular weight excluding hydrogens is 210 g/mol. The second kappa shape index (κ2) is 6.72. The van der Waals surface area contributed by atoms with Crippen LogP contribution in [0.25, 0.3) is 0 Å². The minimum atomic E-state index is 0.0782. The van der Waals surface area contributed by atoms with Gasteiger partial charge < -0.3 is 10.6 Å². The van der Waals surface area contributed by atoms with Crippen molar-refractivity contribution in [3.63, 3.8) is 0 Å². The summed E-state index contributed by atoms with van der Waals surface area (Å²) in [5.74, 6) is 0. The lowest BCUT2D eigenvalue weighted by molar-refractivity contribution is 0.125. The molecule has 1 unspecified atom stereocenters. The Balaban J connectivity index is 2.49. The SMILES string of the molecule is CCN(CC1(N)CCCCC1)C(C)CN(C)C. The third-order valence-corrected chi connectivity index (χ3v) is 4.03. The Labute approximate surface area is 107 Å². The summed E-state index contributed by atoms with van der Waals surface area (Å²) in [6.07, 6.45) is 6.42. The minimum absolute atomic E-state index is 0.0782. The van der Waals surface area contributed by atoms with Gasteiger partial charge in [-0.3, -0.25) is 4.90 Å². The van der Waals surface area contributed by atoms with Crippen LogP contribution in [-0.4, -0.2) is 55.1 Å². The monoisotopic (exact) mass is 241 g/mol. The van der Waals surface area contributed by atoms with Gasteiger partial charge in [0, 0.05) is 24.7 Å². The van der Waals surface area contributed by atoms with Gasteiger partial charge in [0.1, 0.15) is 0 Å². The van der Waals surface area contributed by atoms with Crippen molar-refractivity contribution in [2.75, 3.05) is 33.7 Å². The first-order chi connectivity index (χ1) is 7.97. The summed E-state index contributed by atoms with van der Waals surface area (Å²) in [6, 6.07) is 0.595. The van der Waals surface area contributed by atoms with Crippen LogP contribution in [0.4, 0.5) is 0 Å². The van der Waals surface area contributed by atoms with Gasteiger partial charge in [0.05, 0.1) is 0 Å². The zero-order valence-corrected chi connectivity index (χ0v) is 12.2. The van der Waals surface area contributed by atoms with Crippen molar-refractivity contribution >= 4 is 0 Å². The Kier molecular flexibility index (Phi) is 5.90. The first-order valence-electron chi connectivity index (χ1n) is 7.14. The minimum Gasteiger partial charge on any atom is -0.324 e. The highest BCUT2D eigenvalue weighted by atomic mass is 15.2. The Hall–Kier alpha value is -0.120. The van der Waals surface area contributed by atoms with Crippen LogP contribution in [0.15, 0.2) is 0 Å². The Morgan fingerprint density at radius 1 is 1.18 bits per heavy atom. The average molecular weight is 241 g/mol. The molecule has 0 spiro atoms. The first kappa shape index (κ1) is 14.9. The molecule has 1 aliphatic rings. The molecule has 102 valence electrons. The first-order valence-corrected chi connectivity index (χ1v) is 7.14. The zero-order valence-electron chi connectivity index (χ0n) is 12.2. The molecule has 0 radical (unpaired) electrons. The van der Waals surface area contributed by atoms with Gasteiger partial charge in [-0.25, -0.2) is 0 Å². The quantitative estimate of drug-likeness (QED) is 0.771. The molecule has 0 aromatic carbocycles. The van der Waals surface area contributed by atoms with Crippen LogP contribution in [0.1, 0.15) is 46.0 Å². The van der Waals surface area contributed by atoms with Gasteiger partial charge in [0.25, 0.3) is 0 Å². The van der Waals surface area contributed by atoms with E-state index in [0.717, 1.165) is 19.6 Å². The van der Waals surface area contributed by atoms with Gasteiger partial charge in [0.15, 0.2) is 0 Å². The van der Waals surface area contributed by atoms with E-state index in [9.17, 15) is 0 Å². The molecule has 0 saturated heterocycles. The van der Waals surface area contributed by atoms with E-state index in [0.29, 0.717) is 6.04 Å². The average Bonchev–Trinajstić information content (AvgIpc) is 2.26. The van der Waals surface area contributed by atoms with Crippen molar-refractivity contribution in [1.29, 1.82) is 0 Å². The molecule has 1 rings (SSSR count). The summed E-state index contributed by atoms with van der Waals surface area (Å²) in [5.41, 5.74) is 6.63. The van der Waals surface area contributed by atoms with Crippen molar-refractivity contribution in [3.05, 3.63) is 0 Å². The van der Waals surface area contributed by atoms with Crippen LogP contribution in [0.5, 0.6) is 0 Å². The molecule has 0 heterocycles. The largest absolute Gasteiger partial charge is 0.324 e. The van der Waals surface area contributed by atoms with Gasteiger partial charge >= 0.3 is 0 Å². The molecular formula is C14H31N3. The van der Waals surface area contributed by atoms with Crippen molar-refractivity contribution in [1.82, 2.24) is 9.80 Å². The highest BCUT2D eigenvalue weighted by molar-refractivity contribution is 4.91. The van der Waals surface area contributed by atoms with Crippen LogP contribution in [0.3, 0.4) is 0 Å². The lowest BCUT2D eigenvalue weighted by atomic mass is 9.82. The Morgan fingerprint density at radius 2 is 1.76 bits per heavy atom. The molecule has 0 aromatic heterocycles. The van der Waals surface area contributed by atoms with Crippen molar-refractivity contribution in [2.24, 2.45) is 5.73 Å². The number of rotatable bonds is 6. The summed E-state index contributed by atoms with van der Waals surface area (Å²) in [4.78, 5) is 4.81. The highest BCUT2D eigenvalue weighted by Crippen LogP contribution is 2.27. The van der Waals surface area contributed by atoms with Crippen molar-refractivity contribution in [3.8, 4) is 0 Å². The number of nitrogens with two attached hydrogens (primary N) is 1. The fourth-order valence-corrected chi connectivity index (χ4v) is 3.04. The lowest BCUT2D eigenvalue weighted by Crippen LogP contribution is -2.54. The Bertz CT molecular complexity index is 210. The van der Waals surface area contributed by atoms with Crippen LogP contribution >= 0.6 is 0 Å². The summed E-state index contributed by atoms with van der Waals surface area (Å²) < 4.78 is 0. The van der Waals surface area contributed by atoms with E-state index in [1.54, 1.807) is 0 Å². The second-order valence-electron chi connectivity index (χ2n) is 6.10. The van der Waals surface area contributed by atoms with Crippen LogP contribution in [-0.2, 0) is 0 Å². The topological polar surface area (TPSA) is 32.5 Å². The van der Waals surface area contributed by atoms with Gasteiger partial charge in [-0.15, -0.1) is 0 Å². The number of hydrogen-bond donors (Lipinski definition) is 1. The van der Waals surface area contributed by atoms with Gasteiger partial charge in [0.2, 0.25) is 0 Å². The number of nitrogens with zero attached hydrogens (tertiary/aromatic N) is 2. The fourth-order valence-electron chi connectivity index (χ4n) is 3.04. The molecule has 3 nitrogen and oxygen atoms in total. The van der Waals surface area contributed by atoms with E-state index >= 15 is 0 Å². The summed E-state index contributed by atoms with van der Waals surface area (Å²) in [7, 11) is 4.28. The van der Waals surface area contributed by atoms with E-state index in [-0.39, 0.29) is 5.54 Å². The van der Waals surface area contributed by atoms with Crippen molar-refractivity contribution in [2.45, 2.75) is 57.5 Å². The summed E-state index contributed by atoms with van der Waals surface area (Å²) >= 11 is 0. The van der Waals surface area contributed by atoms with Crippen LogP contribution < -0.4 is 5.73 Å². The molecule has 2 N–H and O–H groups in total. The molecule has 1 aliphatic carbocycles. The van der Waals surface area contributed by atoms with Crippen LogP contribution in [0, 0.1) is 0 Å². The van der Waals surface area contributed by atoms with Gasteiger partial charge in [-0.05, 0) is 40.4 Å². The zero-order chi connectivity index (χ0) is 12.9. The standard InChI is InChI=1S/C14H31N3/c1-5-17(13(2)11-16(3)4)12-14(15)9-7-6-8-10-14/h13H,5-12,15H2,1-4H3. The smallest absolute Gasteiger partial charge is 0.0283 e. The number of hydrogen-bond acceptors (Lipinski definition) is 3. The van der Waals surface area contributed by atoms with E-state index in [4.69, 9.17) is 5.73 Å². The van der Waals surface area contributed by atoms with E-state index in [1.165, 1.54) is 32.1 Å². The molecule has 0 bridgehead atoms. The van der Waals surface area contributed by atoms with Crippen molar-refractivity contribution < 1.29 is 0 Å². The molecule has 1 fully saturated rings. The van der Waals surface area contributed by atoms with E-state index < -0.39 is 0 Å². The predicted octanol–water partition coefficient (Wildman–Crippen LogP) is 1.92. The second-order valence-corrected chi connectivity index (χ2v) is 6.10. The van der Waals surface area contributed by atoms with Gasteiger partial charge in [-0.1, -0.05) is 26.2 Å². The third-order valence-electron chi connectivity index (χ3n) is 4.03. The highest BCUT2D eigenvalue weighted by Gasteiger charge is 2.30. The molecule has 3 heteroatoms. The maximum Gasteiger partial charge on any atom is 0.0283 e. The van der Waals surface area contributed by atoms with E-state index in [2.05, 4.69) is 37.7 Å². The summed E-state index contributed by atoms with van der Waals surface area (Å²) in [6.45, 7) is 7.85. The molecule has 1 saturated carbocycles.